The second kappa shape index (κ2) is 6.66. The lowest BCUT2D eigenvalue weighted by molar-refractivity contribution is -0.121. The monoisotopic (exact) mass is 205 g/mol. The second-order valence-electron chi connectivity index (χ2n) is 3.27. The van der Waals surface area contributed by atoms with Crippen LogP contribution in [0.2, 0.25) is 0 Å². The van der Waals surface area contributed by atoms with Gasteiger partial charge in [0.25, 0.3) is 0 Å². The van der Waals surface area contributed by atoms with Crippen molar-refractivity contribution < 1.29 is 4.79 Å². The molecule has 1 aromatic heterocycles. The number of terminal acetylenes is 1. The fourth-order valence-electron chi connectivity index (χ4n) is 1.18. The van der Waals surface area contributed by atoms with Crippen LogP contribution >= 0.6 is 0 Å². The van der Waals surface area contributed by atoms with Gasteiger partial charge in [0.1, 0.15) is 0 Å². The number of unbranched alkanes of at least 4 members (excludes halogenated alkanes) is 2. The summed E-state index contributed by atoms with van der Waals surface area (Å²) in [6.45, 7) is 0.508. The normalized spacial score (nSPS) is 9.53. The van der Waals surface area contributed by atoms with E-state index in [9.17, 15) is 4.79 Å². The first kappa shape index (κ1) is 11.3. The molecule has 4 heteroatoms. The molecule has 0 fully saturated rings. The Morgan fingerprint density at radius 3 is 3.13 bits per heavy atom. The predicted octanol–water partition coefficient (Wildman–Crippen LogP) is 1.22. The van der Waals surface area contributed by atoms with Gasteiger partial charge in [0.15, 0.2) is 0 Å². The van der Waals surface area contributed by atoms with Crippen LogP contribution in [0.3, 0.4) is 0 Å². The molecule has 1 amide bonds. The highest BCUT2D eigenvalue weighted by atomic mass is 16.1. The van der Waals surface area contributed by atoms with Gasteiger partial charge < -0.3 is 5.32 Å². The van der Waals surface area contributed by atoms with Crippen LogP contribution in [0.15, 0.2) is 12.3 Å². The summed E-state index contributed by atoms with van der Waals surface area (Å²) in [5.74, 6) is 2.61. The summed E-state index contributed by atoms with van der Waals surface area (Å²) < 4.78 is 0. The van der Waals surface area contributed by atoms with Crippen molar-refractivity contribution in [3.63, 3.8) is 0 Å². The largest absolute Gasteiger partial charge is 0.350 e. The van der Waals surface area contributed by atoms with E-state index >= 15 is 0 Å². The van der Waals surface area contributed by atoms with Gasteiger partial charge in [-0.3, -0.25) is 9.89 Å². The first-order valence-corrected chi connectivity index (χ1v) is 5.01. The molecule has 15 heavy (non-hydrogen) atoms. The second-order valence-corrected chi connectivity index (χ2v) is 3.27. The van der Waals surface area contributed by atoms with Crippen molar-refractivity contribution in [2.45, 2.75) is 32.2 Å². The lowest BCUT2D eigenvalue weighted by atomic mass is 10.2. The molecule has 80 valence electrons. The number of nitrogens with zero attached hydrogens (tertiary/aromatic N) is 1. The van der Waals surface area contributed by atoms with Crippen molar-refractivity contribution in [2.24, 2.45) is 0 Å². The highest BCUT2D eigenvalue weighted by molar-refractivity contribution is 5.75. The van der Waals surface area contributed by atoms with E-state index in [1.54, 1.807) is 6.20 Å². The Morgan fingerprint density at radius 2 is 2.47 bits per heavy atom. The molecule has 0 aliphatic heterocycles. The minimum Gasteiger partial charge on any atom is -0.350 e. The van der Waals surface area contributed by atoms with Crippen molar-refractivity contribution in [1.29, 1.82) is 0 Å². The maximum absolute atomic E-state index is 11.3. The average Bonchev–Trinajstić information content (AvgIpc) is 2.74. The molecule has 2 N–H and O–H groups in total. The highest BCUT2D eigenvalue weighted by Gasteiger charge is 2.00. The van der Waals surface area contributed by atoms with Crippen LogP contribution in [0.1, 0.15) is 31.4 Å². The van der Waals surface area contributed by atoms with Crippen LogP contribution in [0.25, 0.3) is 0 Å². The number of amides is 1. The number of hydrogen-bond acceptors (Lipinski definition) is 2. The number of hydrogen-bond donors (Lipinski definition) is 2. The molecule has 0 atom stereocenters. The number of carbonyl (C=O) groups excluding carboxylic acids is 1. The molecular weight excluding hydrogens is 190 g/mol. The first-order valence-electron chi connectivity index (χ1n) is 5.01. The number of aromatic amines is 1. The van der Waals surface area contributed by atoms with E-state index in [2.05, 4.69) is 21.4 Å². The van der Waals surface area contributed by atoms with Gasteiger partial charge in [-0.25, -0.2) is 0 Å². The summed E-state index contributed by atoms with van der Waals surface area (Å²) in [6, 6.07) is 1.83. The van der Waals surface area contributed by atoms with Crippen LogP contribution in [-0.2, 0) is 11.3 Å². The van der Waals surface area contributed by atoms with Crippen LogP contribution in [0.4, 0.5) is 0 Å². The molecule has 0 aromatic carbocycles. The van der Waals surface area contributed by atoms with Gasteiger partial charge in [0.2, 0.25) is 5.91 Å². The molecule has 0 aliphatic carbocycles. The Hall–Kier alpha value is -1.76. The maximum atomic E-state index is 11.3. The fourth-order valence-corrected chi connectivity index (χ4v) is 1.18. The molecule has 0 spiro atoms. The van der Waals surface area contributed by atoms with Crippen molar-refractivity contribution in [3.8, 4) is 12.3 Å². The summed E-state index contributed by atoms with van der Waals surface area (Å²) in [5.41, 5.74) is 0.909. The van der Waals surface area contributed by atoms with Gasteiger partial charge in [-0.1, -0.05) is 0 Å². The van der Waals surface area contributed by atoms with Crippen LogP contribution in [0.5, 0.6) is 0 Å². The Kier molecular flexibility index (Phi) is 5.02. The lowest BCUT2D eigenvalue weighted by Gasteiger charge is -2.02. The minimum absolute atomic E-state index is 0.0571. The summed E-state index contributed by atoms with van der Waals surface area (Å²) in [7, 11) is 0. The van der Waals surface area contributed by atoms with E-state index in [1.807, 2.05) is 6.07 Å². The molecule has 0 saturated carbocycles. The van der Waals surface area contributed by atoms with Crippen LogP contribution < -0.4 is 5.32 Å². The van der Waals surface area contributed by atoms with E-state index in [1.165, 1.54) is 0 Å². The number of carbonyl (C=O) groups is 1. The predicted molar refractivity (Wildman–Crippen MR) is 57.7 cm³/mol. The number of aromatic nitrogens is 2. The highest BCUT2D eigenvalue weighted by Crippen LogP contribution is 1.99. The van der Waals surface area contributed by atoms with Crippen molar-refractivity contribution in [1.82, 2.24) is 15.5 Å². The minimum atomic E-state index is 0.0571. The van der Waals surface area contributed by atoms with Crippen LogP contribution in [-0.4, -0.2) is 16.1 Å². The molecule has 0 saturated heterocycles. The van der Waals surface area contributed by atoms with Gasteiger partial charge >= 0.3 is 0 Å². The Morgan fingerprint density at radius 1 is 1.60 bits per heavy atom. The Bertz CT molecular complexity index is 324. The zero-order valence-corrected chi connectivity index (χ0v) is 8.62. The van der Waals surface area contributed by atoms with Gasteiger partial charge in [0, 0.05) is 19.0 Å². The molecule has 0 aliphatic rings. The smallest absolute Gasteiger partial charge is 0.220 e. The van der Waals surface area contributed by atoms with E-state index in [-0.39, 0.29) is 5.91 Å². The van der Waals surface area contributed by atoms with E-state index in [0.29, 0.717) is 13.0 Å². The quantitative estimate of drug-likeness (QED) is 0.542. The Labute approximate surface area is 89.5 Å². The maximum Gasteiger partial charge on any atom is 0.220 e. The number of rotatable bonds is 6. The summed E-state index contributed by atoms with van der Waals surface area (Å²) >= 11 is 0. The van der Waals surface area contributed by atoms with Gasteiger partial charge in [0.05, 0.1) is 12.2 Å². The van der Waals surface area contributed by atoms with Crippen molar-refractivity contribution in [2.75, 3.05) is 0 Å². The molecule has 0 bridgehead atoms. The SMILES string of the molecule is C#CCCCCC(=O)NCc1ccn[nH]1. The fraction of sp³-hybridized carbons (Fsp3) is 0.455. The van der Waals surface area contributed by atoms with E-state index in [0.717, 1.165) is 25.0 Å². The van der Waals surface area contributed by atoms with Crippen LogP contribution in [0, 0.1) is 12.3 Å². The zero-order valence-electron chi connectivity index (χ0n) is 8.62. The molecular formula is C11H15N3O. The molecule has 1 rings (SSSR count). The third-order valence-electron chi connectivity index (χ3n) is 2.01. The molecule has 1 heterocycles. The summed E-state index contributed by atoms with van der Waals surface area (Å²) in [5, 5.41) is 9.37. The van der Waals surface area contributed by atoms with Gasteiger partial charge in [-0.05, 0) is 18.9 Å². The first-order chi connectivity index (χ1) is 7.33. The number of H-pyrrole nitrogens is 1. The van der Waals surface area contributed by atoms with Gasteiger partial charge in [-0.15, -0.1) is 12.3 Å². The van der Waals surface area contributed by atoms with E-state index in [4.69, 9.17) is 6.42 Å². The van der Waals surface area contributed by atoms with Gasteiger partial charge in [-0.2, -0.15) is 5.10 Å². The third-order valence-corrected chi connectivity index (χ3v) is 2.01. The average molecular weight is 205 g/mol. The summed E-state index contributed by atoms with van der Waals surface area (Å²) in [6.07, 6.45) is 9.81. The third kappa shape index (κ3) is 4.87. The van der Waals surface area contributed by atoms with E-state index < -0.39 is 0 Å². The molecule has 0 unspecified atom stereocenters. The van der Waals surface area contributed by atoms with Crippen molar-refractivity contribution in [3.05, 3.63) is 18.0 Å². The number of nitrogens with one attached hydrogen (secondary N) is 2. The lowest BCUT2D eigenvalue weighted by Crippen LogP contribution is -2.22. The standard InChI is InChI=1S/C11H15N3O/c1-2-3-4-5-6-11(15)12-9-10-7-8-13-14-10/h1,7-8H,3-6,9H2,(H,12,15)(H,13,14). The molecule has 0 radical (unpaired) electrons. The summed E-state index contributed by atoms with van der Waals surface area (Å²) in [4.78, 5) is 11.3. The Balaban J connectivity index is 2.07. The zero-order chi connectivity index (χ0) is 10.9. The van der Waals surface area contributed by atoms with Crippen molar-refractivity contribution >= 4 is 5.91 Å². The topological polar surface area (TPSA) is 57.8 Å². The molecule has 1 aromatic rings. The molecule has 4 nitrogen and oxygen atoms in total.